The van der Waals surface area contributed by atoms with E-state index in [9.17, 15) is 9.59 Å². The number of imidazole rings is 1. The summed E-state index contributed by atoms with van der Waals surface area (Å²) in [5, 5.41) is 3.01. The number of carbonyl (C=O) groups is 2. The van der Waals surface area contributed by atoms with Crippen LogP contribution in [0, 0.1) is 0 Å². The van der Waals surface area contributed by atoms with Crippen molar-refractivity contribution in [3.05, 3.63) is 77.4 Å². The van der Waals surface area contributed by atoms with Crippen LogP contribution in [0.1, 0.15) is 53.5 Å². The molecule has 3 heterocycles. The molecular formula is C26H28N6O2S. The lowest BCUT2D eigenvalue weighted by molar-refractivity contribution is -0.118. The van der Waals surface area contributed by atoms with Gasteiger partial charge in [-0.15, -0.1) is 11.3 Å². The largest absolute Gasteiger partial charge is 0.370 e. The van der Waals surface area contributed by atoms with Crippen LogP contribution in [0.25, 0.3) is 22.4 Å². The van der Waals surface area contributed by atoms with Crippen LogP contribution in [0.15, 0.2) is 66.7 Å². The lowest BCUT2D eigenvalue weighted by Gasteiger charge is -2.15. The van der Waals surface area contributed by atoms with E-state index in [-0.39, 0.29) is 17.7 Å². The molecule has 0 saturated heterocycles. The second kappa shape index (κ2) is 12.0. The third-order valence-corrected chi connectivity index (χ3v) is 6.60. The summed E-state index contributed by atoms with van der Waals surface area (Å²) < 4.78 is 0. The zero-order chi connectivity index (χ0) is 24.5. The maximum absolute atomic E-state index is 12.4. The van der Waals surface area contributed by atoms with Crippen LogP contribution in [0.4, 0.5) is 0 Å². The minimum atomic E-state index is -0.274. The fraction of sp³-hybridized carbons (Fsp3) is 0.269. The van der Waals surface area contributed by atoms with E-state index in [0.717, 1.165) is 53.9 Å². The molecule has 2 amide bonds. The number of nitrogens with two attached hydrogens (primary N) is 1. The monoisotopic (exact) mass is 488 g/mol. The summed E-state index contributed by atoms with van der Waals surface area (Å²) in [5.41, 5.74) is 11.1. The van der Waals surface area contributed by atoms with Gasteiger partial charge in [-0.05, 0) is 41.7 Å². The van der Waals surface area contributed by atoms with Gasteiger partial charge in [0.2, 0.25) is 5.91 Å². The summed E-state index contributed by atoms with van der Waals surface area (Å²) in [6.07, 6.45) is 10.8. The van der Waals surface area contributed by atoms with Crippen LogP contribution in [-0.4, -0.2) is 38.3 Å². The van der Waals surface area contributed by atoms with Gasteiger partial charge in [0.25, 0.3) is 5.91 Å². The van der Waals surface area contributed by atoms with E-state index >= 15 is 0 Å². The number of H-pyrrole nitrogens is 1. The minimum Gasteiger partial charge on any atom is -0.370 e. The number of primary amides is 1. The van der Waals surface area contributed by atoms with Crippen molar-refractivity contribution >= 4 is 23.2 Å². The van der Waals surface area contributed by atoms with Crippen molar-refractivity contribution in [1.29, 1.82) is 0 Å². The molecule has 4 aromatic rings. The summed E-state index contributed by atoms with van der Waals surface area (Å²) in [6.45, 7) is 0.459. The molecule has 0 fully saturated rings. The molecule has 9 heteroatoms. The number of hydrogen-bond donors (Lipinski definition) is 3. The van der Waals surface area contributed by atoms with Crippen LogP contribution < -0.4 is 11.1 Å². The Morgan fingerprint density at radius 3 is 2.40 bits per heavy atom. The van der Waals surface area contributed by atoms with E-state index in [0.29, 0.717) is 17.8 Å². The van der Waals surface area contributed by atoms with Crippen LogP contribution in [0.5, 0.6) is 0 Å². The number of unbranched alkanes of at least 4 members (excludes halogenated alkanes) is 2. The standard InChI is InChI=1S/C26H28N6O2S/c27-24(33)5-3-1-2-4-21(14-31-26(34)23-16-29-17-35-23)25-30-15-22(32-25)20-8-6-18(7-9-20)19-10-12-28-13-11-19/h6-13,15-17,21H,1-5,14H2,(H2,27,33)(H,30,32)(H,31,34). The van der Waals surface area contributed by atoms with Gasteiger partial charge in [-0.3, -0.25) is 19.6 Å². The van der Waals surface area contributed by atoms with Crippen molar-refractivity contribution in [3.63, 3.8) is 0 Å². The average Bonchev–Trinajstić information content (AvgIpc) is 3.59. The zero-order valence-corrected chi connectivity index (χ0v) is 20.1. The molecule has 4 rings (SSSR count). The lowest BCUT2D eigenvalue weighted by atomic mass is 9.99. The molecule has 0 aliphatic carbocycles. The Kier molecular flexibility index (Phi) is 8.34. The number of benzene rings is 1. The maximum Gasteiger partial charge on any atom is 0.263 e. The predicted molar refractivity (Wildman–Crippen MR) is 137 cm³/mol. The molecule has 8 nitrogen and oxygen atoms in total. The number of pyridine rings is 1. The normalized spacial score (nSPS) is 11.8. The second-order valence-corrected chi connectivity index (χ2v) is 9.22. The van der Waals surface area contributed by atoms with Crippen molar-refractivity contribution in [2.45, 2.75) is 38.0 Å². The average molecular weight is 489 g/mol. The molecule has 0 spiro atoms. The minimum absolute atomic E-state index is 0.0188. The van der Waals surface area contributed by atoms with E-state index in [1.165, 1.54) is 11.3 Å². The first kappa shape index (κ1) is 24.3. The number of nitrogens with one attached hydrogen (secondary N) is 2. The second-order valence-electron chi connectivity index (χ2n) is 8.33. The van der Waals surface area contributed by atoms with Gasteiger partial charge in [0.05, 0.1) is 23.6 Å². The summed E-state index contributed by atoms with van der Waals surface area (Å²) in [4.78, 5) is 40.2. The Morgan fingerprint density at radius 2 is 1.69 bits per heavy atom. The highest BCUT2D eigenvalue weighted by molar-refractivity contribution is 7.11. The van der Waals surface area contributed by atoms with E-state index in [2.05, 4.69) is 49.5 Å². The van der Waals surface area contributed by atoms with E-state index in [1.54, 1.807) is 24.1 Å². The highest BCUT2D eigenvalue weighted by Crippen LogP contribution is 2.26. The summed E-state index contributed by atoms with van der Waals surface area (Å²) in [7, 11) is 0. The highest BCUT2D eigenvalue weighted by Gasteiger charge is 2.18. The smallest absolute Gasteiger partial charge is 0.263 e. The number of aromatic nitrogens is 4. The Morgan fingerprint density at radius 1 is 0.943 bits per heavy atom. The topological polar surface area (TPSA) is 127 Å². The lowest BCUT2D eigenvalue weighted by Crippen LogP contribution is -2.28. The van der Waals surface area contributed by atoms with Gasteiger partial charge < -0.3 is 16.0 Å². The highest BCUT2D eigenvalue weighted by atomic mass is 32.1. The molecular weight excluding hydrogens is 460 g/mol. The molecule has 35 heavy (non-hydrogen) atoms. The molecule has 3 aromatic heterocycles. The molecule has 180 valence electrons. The van der Waals surface area contributed by atoms with Crippen molar-refractivity contribution in [3.8, 4) is 22.4 Å². The van der Waals surface area contributed by atoms with E-state index in [4.69, 9.17) is 5.73 Å². The fourth-order valence-electron chi connectivity index (χ4n) is 3.91. The first-order chi connectivity index (χ1) is 17.1. The number of amides is 2. The predicted octanol–water partition coefficient (Wildman–Crippen LogP) is 4.54. The first-order valence-electron chi connectivity index (χ1n) is 11.6. The van der Waals surface area contributed by atoms with Crippen molar-refractivity contribution in [2.75, 3.05) is 6.54 Å². The molecule has 4 N–H and O–H groups in total. The van der Waals surface area contributed by atoms with Crippen LogP contribution in [0.3, 0.4) is 0 Å². The summed E-state index contributed by atoms with van der Waals surface area (Å²) in [6, 6.07) is 12.3. The zero-order valence-electron chi connectivity index (χ0n) is 19.3. The Bertz CT molecular complexity index is 1220. The molecule has 0 bridgehead atoms. The van der Waals surface area contributed by atoms with Gasteiger partial charge >= 0.3 is 0 Å². The number of hydrogen-bond acceptors (Lipinski definition) is 6. The molecule has 1 atom stereocenters. The van der Waals surface area contributed by atoms with Crippen LogP contribution in [-0.2, 0) is 4.79 Å². The Labute approximate surface area is 208 Å². The van der Waals surface area contributed by atoms with Gasteiger partial charge in [-0.2, -0.15) is 0 Å². The Balaban J connectivity index is 1.43. The van der Waals surface area contributed by atoms with Gasteiger partial charge in [0, 0.05) is 31.3 Å². The van der Waals surface area contributed by atoms with E-state index in [1.807, 2.05) is 18.3 Å². The van der Waals surface area contributed by atoms with Crippen molar-refractivity contribution in [1.82, 2.24) is 25.3 Å². The van der Waals surface area contributed by atoms with Gasteiger partial charge in [-0.1, -0.05) is 37.1 Å². The quantitative estimate of drug-likeness (QED) is 0.252. The SMILES string of the molecule is NC(=O)CCCCCC(CNC(=O)c1cncs1)c1ncc(-c2ccc(-c3ccncc3)cc2)[nH]1. The number of nitrogens with zero attached hydrogens (tertiary/aromatic N) is 3. The molecule has 0 saturated carbocycles. The first-order valence-corrected chi connectivity index (χ1v) is 12.5. The van der Waals surface area contributed by atoms with E-state index < -0.39 is 0 Å². The fourth-order valence-corrected chi connectivity index (χ4v) is 4.45. The van der Waals surface area contributed by atoms with Gasteiger partial charge in [0.15, 0.2) is 0 Å². The third-order valence-electron chi connectivity index (χ3n) is 5.83. The van der Waals surface area contributed by atoms with Gasteiger partial charge in [-0.25, -0.2) is 4.98 Å². The summed E-state index contributed by atoms with van der Waals surface area (Å²) in [5.74, 6) is 0.441. The number of carbonyl (C=O) groups excluding carboxylic acids is 2. The molecule has 1 unspecified atom stereocenters. The van der Waals surface area contributed by atoms with Crippen molar-refractivity contribution in [2.24, 2.45) is 5.73 Å². The maximum atomic E-state index is 12.4. The number of rotatable bonds is 12. The molecule has 0 radical (unpaired) electrons. The Hall–Kier alpha value is -3.85. The van der Waals surface area contributed by atoms with Crippen LogP contribution in [0.2, 0.25) is 0 Å². The van der Waals surface area contributed by atoms with Crippen LogP contribution >= 0.6 is 11.3 Å². The third kappa shape index (κ3) is 6.83. The van der Waals surface area contributed by atoms with Gasteiger partial charge in [0.1, 0.15) is 10.7 Å². The number of thiazole rings is 1. The molecule has 1 aromatic carbocycles. The summed E-state index contributed by atoms with van der Waals surface area (Å²) >= 11 is 1.31. The number of aromatic amines is 1. The molecule has 0 aliphatic rings. The van der Waals surface area contributed by atoms with Crippen molar-refractivity contribution < 1.29 is 9.59 Å². The molecule has 0 aliphatic heterocycles.